The van der Waals surface area contributed by atoms with Crippen LogP contribution in [0.25, 0.3) is 11.0 Å². The van der Waals surface area contributed by atoms with Crippen molar-refractivity contribution in [2.24, 2.45) is 0 Å². The van der Waals surface area contributed by atoms with Gasteiger partial charge in [-0.15, -0.1) is 0 Å². The van der Waals surface area contributed by atoms with Gasteiger partial charge in [0.15, 0.2) is 0 Å². The number of aryl methyl sites for hydroxylation is 3. The first-order valence-electron chi connectivity index (χ1n) is 9.41. The number of ether oxygens (including phenoxy) is 1. The highest BCUT2D eigenvalue weighted by Gasteiger charge is 2.20. The van der Waals surface area contributed by atoms with E-state index in [1.54, 1.807) is 30.3 Å². The molecule has 29 heavy (non-hydrogen) atoms. The first-order chi connectivity index (χ1) is 13.7. The van der Waals surface area contributed by atoms with Gasteiger partial charge in [-0.1, -0.05) is 17.7 Å². The summed E-state index contributed by atoms with van der Waals surface area (Å²) in [5, 5.41) is 0. The minimum absolute atomic E-state index is 0.181. The van der Waals surface area contributed by atoms with Crippen molar-refractivity contribution in [3.8, 4) is 5.75 Å². The van der Waals surface area contributed by atoms with E-state index in [1.807, 2.05) is 30.5 Å². The summed E-state index contributed by atoms with van der Waals surface area (Å²) in [6, 6.07) is 12.2. The van der Waals surface area contributed by atoms with Gasteiger partial charge in [0.25, 0.3) is 0 Å². The Balaban J connectivity index is 1.80. The number of hydrogen-bond donors (Lipinski definition) is 0. The Hall–Kier alpha value is -2.71. The second-order valence-electron chi connectivity index (χ2n) is 7.00. The number of fused-ring (bicyclic) bond motifs is 1. The lowest BCUT2D eigenvalue weighted by atomic mass is 10.2. The summed E-state index contributed by atoms with van der Waals surface area (Å²) >= 11 is 0. The molecule has 2 aromatic carbocycles. The molecular formula is C21H25N3O4S. The lowest BCUT2D eigenvalue weighted by Crippen LogP contribution is -2.22. The summed E-state index contributed by atoms with van der Waals surface area (Å²) in [5.74, 6) is 0.908. The number of sulfonamides is 1. The van der Waals surface area contributed by atoms with Crippen molar-refractivity contribution in [3.05, 3.63) is 53.9 Å². The Labute approximate surface area is 171 Å². The molecule has 7 nitrogen and oxygen atoms in total. The minimum atomic E-state index is -3.53. The van der Waals surface area contributed by atoms with Crippen LogP contribution in [0.4, 0.5) is 0 Å². The third-order valence-corrected chi connectivity index (χ3v) is 6.51. The average Bonchev–Trinajstić information content (AvgIpc) is 3.04. The number of rotatable bonds is 7. The van der Waals surface area contributed by atoms with Gasteiger partial charge in [-0.2, -0.15) is 0 Å². The van der Waals surface area contributed by atoms with Crippen LogP contribution in [0.1, 0.15) is 24.7 Å². The minimum Gasteiger partial charge on any atom is -0.427 e. The molecule has 3 aromatic rings. The number of nitrogens with zero attached hydrogens (tertiary/aromatic N) is 3. The number of carbonyl (C=O) groups excluding carboxylic acids is 1. The Morgan fingerprint density at radius 1 is 1.14 bits per heavy atom. The number of benzene rings is 2. The van der Waals surface area contributed by atoms with Gasteiger partial charge >= 0.3 is 5.97 Å². The Morgan fingerprint density at radius 2 is 1.83 bits per heavy atom. The van der Waals surface area contributed by atoms with Crippen LogP contribution in [-0.4, -0.2) is 42.3 Å². The molecule has 0 saturated carbocycles. The van der Waals surface area contributed by atoms with Crippen LogP contribution < -0.4 is 4.74 Å². The zero-order valence-electron chi connectivity index (χ0n) is 17.0. The Kier molecular flexibility index (Phi) is 6.04. The van der Waals surface area contributed by atoms with E-state index in [2.05, 4.69) is 4.98 Å². The van der Waals surface area contributed by atoms with Crippen molar-refractivity contribution in [1.82, 2.24) is 13.9 Å². The lowest BCUT2D eigenvalue weighted by molar-refractivity contribution is -0.134. The van der Waals surface area contributed by atoms with Crippen LogP contribution in [0.2, 0.25) is 0 Å². The quantitative estimate of drug-likeness (QED) is 0.437. The van der Waals surface area contributed by atoms with Crippen LogP contribution in [0, 0.1) is 6.92 Å². The topological polar surface area (TPSA) is 81.5 Å². The molecule has 0 N–H and O–H groups in total. The van der Waals surface area contributed by atoms with E-state index in [4.69, 9.17) is 4.74 Å². The fraction of sp³-hybridized carbons (Fsp3) is 0.333. The fourth-order valence-electron chi connectivity index (χ4n) is 3.08. The normalized spacial score (nSPS) is 11.9. The van der Waals surface area contributed by atoms with Crippen molar-refractivity contribution in [3.63, 3.8) is 0 Å². The predicted octanol–water partition coefficient (Wildman–Crippen LogP) is 3.15. The van der Waals surface area contributed by atoms with E-state index >= 15 is 0 Å². The maximum atomic E-state index is 12.4. The molecule has 0 aliphatic heterocycles. The lowest BCUT2D eigenvalue weighted by Gasteiger charge is -2.11. The van der Waals surface area contributed by atoms with Gasteiger partial charge in [-0.3, -0.25) is 4.79 Å². The smallest absolute Gasteiger partial charge is 0.311 e. The molecular weight excluding hydrogens is 390 g/mol. The van der Waals surface area contributed by atoms with Crippen LogP contribution in [0.5, 0.6) is 5.75 Å². The summed E-state index contributed by atoms with van der Waals surface area (Å²) in [5.41, 5.74) is 2.53. The van der Waals surface area contributed by atoms with Crippen molar-refractivity contribution < 1.29 is 17.9 Å². The molecule has 3 rings (SSSR count). The van der Waals surface area contributed by atoms with E-state index in [1.165, 1.54) is 18.4 Å². The first-order valence-corrected chi connectivity index (χ1v) is 10.9. The maximum Gasteiger partial charge on any atom is 0.311 e. The zero-order valence-corrected chi connectivity index (χ0v) is 17.9. The van der Waals surface area contributed by atoms with E-state index in [0.29, 0.717) is 24.2 Å². The standard InChI is InChI=1S/C21H25N3O4S/c1-5-24-19-11-10-17(29(26,27)23(3)4)14-18(19)22-20(24)12-13-21(25)28-16-8-6-15(2)7-9-16/h6-11,14H,5,12-13H2,1-4H3. The molecule has 0 amide bonds. The van der Waals surface area contributed by atoms with Crippen LogP contribution in [-0.2, 0) is 27.8 Å². The molecule has 0 spiro atoms. The first kappa shape index (κ1) is 21.0. The van der Waals surface area contributed by atoms with Gasteiger partial charge in [0.1, 0.15) is 11.6 Å². The van der Waals surface area contributed by atoms with Gasteiger partial charge in [-0.05, 0) is 44.2 Å². The highest BCUT2D eigenvalue weighted by Crippen LogP contribution is 2.23. The number of hydrogen-bond acceptors (Lipinski definition) is 5. The molecule has 0 saturated heterocycles. The van der Waals surface area contributed by atoms with Gasteiger partial charge < -0.3 is 9.30 Å². The van der Waals surface area contributed by atoms with Gasteiger partial charge in [-0.25, -0.2) is 17.7 Å². The van der Waals surface area contributed by atoms with Crippen LogP contribution in [0.3, 0.4) is 0 Å². The Morgan fingerprint density at radius 3 is 2.45 bits per heavy atom. The van der Waals surface area contributed by atoms with Crippen LogP contribution >= 0.6 is 0 Å². The number of carbonyl (C=O) groups is 1. The molecule has 0 bridgehead atoms. The average molecular weight is 416 g/mol. The molecule has 0 atom stereocenters. The van der Waals surface area contributed by atoms with Gasteiger partial charge in [0.2, 0.25) is 10.0 Å². The van der Waals surface area contributed by atoms with Crippen molar-refractivity contribution in [2.45, 2.75) is 38.1 Å². The largest absolute Gasteiger partial charge is 0.427 e. The Bertz CT molecular complexity index is 1130. The summed E-state index contributed by atoms with van der Waals surface area (Å²) < 4.78 is 33.3. The van der Waals surface area contributed by atoms with Crippen molar-refractivity contribution in [1.29, 1.82) is 0 Å². The maximum absolute atomic E-state index is 12.4. The highest BCUT2D eigenvalue weighted by atomic mass is 32.2. The second-order valence-corrected chi connectivity index (χ2v) is 9.15. The highest BCUT2D eigenvalue weighted by molar-refractivity contribution is 7.89. The van der Waals surface area contributed by atoms with Gasteiger partial charge in [0.05, 0.1) is 22.3 Å². The molecule has 1 aromatic heterocycles. The molecule has 0 fully saturated rings. The monoisotopic (exact) mass is 415 g/mol. The molecule has 0 aliphatic rings. The summed E-state index contributed by atoms with van der Waals surface area (Å²) in [6.45, 7) is 4.62. The van der Waals surface area contributed by atoms with Crippen LogP contribution in [0.15, 0.2) is 47.4 Å². The number of esters is 1. The molecule has 8 heteroatoms. The molecule has 0 aliphatic carbocycles. The number of imidazole rings is 1. The fourth-order valence-corrected chi connectivity index (χ4v) is 4.00. The molecule has 0 radical (unpaired) electrons. The van der Waals surface area contributed by atoms with E-state index in [9.17, 15) is 13.2 Å². The molecule has 154 valence electrons. The summed E-state index contributed by atoms with van der Waals surface area (Å²) in [7, 11) is -0.542. The van der Waals surface area contributed by atoms with Crippen molar-refractivity contribution >= 4 is 27.0 Å². The summed E-state index contributed by atoms with van der Waals surface area (Å²) in [4.78, 5) is 17.0. The zero-order chi connectivity index (χ0) is 21.2. The third-order valence-electron chi connectivity index (χ3n) is 4.70. The van der Waals surface area contributed by atoms with E-state index < -0.39 is 10.0 Å². The summed E-state index contributed by atoms with van der Waals surface area (Å²) in [6.07, 6.45) is 0.586. The second kappa shape index (κ2) is 8.34. The molecule has 1 heterocycles. The predicted molar refractivity (Wildman–Crippen MR) is 111 cm³/mol. The van der Waals surface area contributed by atoms with E-state index in [0.717, 1.165) is 16.9 Å². The van der Waals surface area contributed by atoms with Gasteiger partial charge in [0, 0.05) is 27.1 Å². The van der Waals surface area contributed by atoms with Crippen molar-refractivity contribution in [2.75, 3.05) is 14.1 Å². The number of aromatic nitrogens is 2. The SMILES string of the molecule is CCn1c(CCC(=O)Oc2ccc(C)cc2)nc2cc(S(=O)(=O)N(C)C)ccc21. The third kappa shape index (κ3) is 4.49. The molecule has 0 unspecified atom stereocenters. The van der Waals surface area contributed by atoms with E-state index in [-0.39, 0.29) is 17.3 Å².